The van der Waals surface area contributed by atoms with Gasteiger partial charge in [-0.15, -0.1) is 12.4 Å². The fourth-order valence-corrected chi connectivity index (χ4v) is 2.41. The second-order valence-corrected chi connectivity index (χ2v) is 5.12. The zero-order chi connectivity index (χ0) is 14.5. The molecule has 0 aromatic heterocycles. The van der Waals surface area contributed by atoms with Crippen LogP contribution >= 0.6 is 12.4 Å². The first kappa shape index (κ1) is 17.6. The lowest BCUT2D eigenvalue weighted by Crippen LogP contribution is -2.50. The summed E-state index contributed by atoms with van der Waals surface area (Å²) in [6.45, 7) is 4.00. The first-order chi connectivity index (χ1) is 9.65. The van der Waals surface area contributed by atoms with E-state index in [2.05, 4.69) is 17.6 Å². The Kier molecular flexibility index (Phi) is 6.78. The second-order valence-electron chi connectivity index (χ2n) is 5.12. The van der Waals surface area contributed by atoms with Crippen molar-refractivity contribution in [3.05, 3.63) is 23.8 Å². The van der Waals surface area contributed by atoms with Crippen LogP contribution in [0, 0.1) is 5.92 Å². The van der Waals surface area contributed by atoms with Crippen LogP contribution in [0.1, 0.15) is 23.7 Å². The molecule has 1 saturated heterocycles. The molecule has 1 aliphatic rings. The highest BCUT2D eigenvalue weighted by molar-refractivity contribution is 5.95. The number of hydrogen-bond acceptors (Lipinski definition) is 4. The molecule has 5 nitrogen and oxygen atoms in total. The van der Waals surface area contributed by atoms with Crippen molar-refractivity contribution in [3.63, 3.8) is 0 Å². The molecule has 2 unspecified atom stereocenters. The fourth-order valence-electron chi connectivity index (χ4n) is 2.41. The lowest BCUT2D eigenvalue weighted by molar-refractivity contribution is 0.0915. The highest BCUT2D eigenvalue weighted by atomic mass is 35.5. The van der Waals surface area contributed by atoms with E-state index < -0.39 is 0 Å². The average molecular weight is 315 g/mol. The third kappa shape index (κ3) is 4.25. The molecule has 0 radical (unpaired) electrons. The van der Waals surface area contributed by atoms with Crippen LogP contribution in [0.5, 0.6) is 11.5 Å². The zero-order valence-corrected chi connectivity index (χ0v) is 13.5. The number of ether oxygens (including phenoxy) is 2. The summed E-state index contributed by atoms with van der Waals surface area (Å²) in [7, 11) is 3.14. The molecule has 2 N–H and O–H groups in total. The molecule has 2 atom stereocenters. The topological polar surface area (TPSA) is 59.6 Å². The number of nitrogens with one attached hydrogen (secondary N) is 2. The largest absolute Gasteiger partial charge is 0.493 e. The van der Waals surface area contributed by atoms with Gasteiger partial charge in [0.15, 0.2) is 11.5 Å². The molecule has 118 valence electrons. The first-order valence-electron chi connectivity index (χ1n) is 6.89. The van der Waals surface area contributed by atoms with Gasteiger partial charge in [-0.2, -0.15) is 0 Å². The van der Waals surface area contributed by atoms with Crippen molar-refractivity contribution in [3.8, 4) is 11.5 Å². The van der Waals surface area contributed by atoms with Gasteiger partial charge >= 0.3 is 0 Å². The van der Waals surface area contributed by atoms with E-state index in [4.69, 9.17) is 9.47 Å². The van der Waals surface area contributed by atoms with Crippen molar-refractivity contribution in [2.45, 2.75) is 19.4 Å². The fraction of sp³-hybridized carbons (Fsp3) is 0.533. The lowest BCUT2D eigenvalue weighted by atomic mass is 9.94. The molecule has 1 fully saturated rings. The summed E-state index contributed by atoms with van der Waals surface area (Å²) < 4.78 is 10.4. The average Bonchev–Trinajstić information content (AvgIpc) is 2.48. The van der Waals surface area contributed by atoms with Crippen LogP contribution in [0.25, 0.3) is 0 Å². The monoisotopic (exact) mass is 314 g/mol. The van der Waals surface area contributed by atoms with Gasteiger partial charge in [-0.25, -0.2) is 0 Å². The number of benzene rings is 1. The van der Waals surface area contributed by atoms with E-state index in [1.807, 2.05) is 0 Å². The lowest BCUT2D eigenvalue weighted by Gasteiger charge is -2.30. The summed E-state index contributed by atoms with van der Waals surface area (Å²) >= 11 is 0. The Labute approximate surface area is 131 Å². The molecule has 0 aliphatic carbocycles. The maximum atomic E-state index is 12.3. The first-order valence-corrected chi connectivity index (χ1v) is 6.89. The van der Waals surface area contributed by atoms with Crippen LogP contribution in [-0.2, 0) is 0 Å². The number of piperidine rings is 1. The highest BCUT2D eigenvalue weighted by Gasteiger charge is 2.23. The van der Waals surface area contributed by atoms with E-state index in [1.54, 1.807) is 32.4 Å². The third-order valence-electron chi connectivity index (χ3n) is 3.79. The molecular formula is C15H23ClN2O3. The van der Waals surface area contributed by atoms with Crippen LogP contribution in [0.15, 0.2) is 18.2 Å². The van der Waals surface area contributed by atoms with E-state index in [0.29, 0.717) is 23.0 Å². The third-order valence-corrected chi connectivity index (χ3v) is 3.79. The van der Waals surface area contributed by atoms with Crippen LogP contribution in [-0.4, -0.2) is 39.3 Å². The maximum Gasteiger partial charge on any atom is 0.251 e. The molecule has 1 amide bonds. The summed E-state index contributed by atoms with van der Waals surface area (Å²) in [6, 6.07) is 5.37. The van der Waals surface area contributed by atoms with Gasteiger partial charge in [-0.1, -0.05) is 6.92 Å². The van der Waals surface area contributed by atoms with Crippen LogP contribution in [0.3, 0.4) is 0 Å². The van der Waals surface area contributed by atoms with E-state index in [-0.39, 0.29) is 24.4 Å². The van der Waals surface area contributed by atoms with E-state index >= 15 is 0 Å². The summed E-state index contributed by atoms with van der Waals surface area (Å²) in [5.74, 6) is 1.60. The second kappa shape index (κ2) is 8.10. The van der Waals surface area contributed by atoms with Gasteiger partial charge < -0.3 is 20.1 Å². The Morgan fingerprint density at radius 2 is 2.00 bits per heavy atom. The number of methoxy groups -OCH3 is 2. The summed E-state index contributed by atoms with van der Waals surface area (Å²) in [6.07, 6.45) is 1.08. The molecule has 1 aromatic rings. The summed E-state index contributed by atoms with van der Waals surface area (Å²) in [5, 5.41) is 6.38. The molecule has 0 saturated carbocycles. The molecule has 21 heavy (non-hydrogen) atoms. The number of rotatable bonds is 4. The van der Waals surface area contributed by atoms with Crippen molar-refractivity contribution >= 4 is 18.3 Å². The van der Waals surface area contributed by atoms with Crippen LogP contribution < -0.4 is 20.1 Å². The predicted molar refractivity (Wildman–Crippen MR) is 84.7 cm³/mol. The van der Waals surface area contributed by atoms with Crippen molar-refractivity contribution in [1.82, 2.24) is 10.6 Å². The Bertz CT molecular complexity index is 482. The van der Waals surface area contributed by atoms with Gasteiger partial charge in [0, 0.05) is 18.2 Å². The summed E-state index contributed by atoms with van der Waals surface area (Å²) in [4.78, 5) is 12.3. The van der Waals surface area contributed by atoms with Gasteiger partial charge in [-0.3, -0.25) is 4.79 Å². The summed E-state index contributed by atoms with van der Waals surface area (Å²) in [5.41, 5.74) is 0.584. The van der Waals surface area contributed by atoms with Crippen molar-refractivity contribution < 1.29 is 14.3 Å². The quantitative estimate of drug-likeness (QED) is 0.890. The molecule has 6 heteroatoms. The minimum atomic E-state index is -0.0773. The zero-order valence-electron chi connectivity index (χ0n) is 12.6. The number of halogens is 1. The Morgan fingerprint density at radius 3 is 2.62 bits per heavy atom. The highest BCUT2D eigenvalue weighted by Crippen LogP contribution is 2.27. The predicted octanol–water partition coefficient (Wildman–Crippen LogP) is 1.85. The minimum Gasteiger partial charge on any atom is -0.493 e. The number of carbonyl (C=O) groups excluding carboxylic acids is 1. The molecule has 2 rings (SSSR count). The van der Waals surface area contributed by atoms with E-state index in [9.17, 15) is 4.79 Å². The molecule has 0 spiro atoms. The molecule has 1 aromatic carbocycles. The number of amides is 1. The van der Waals surface area contributed by atoms with Crippen molar-refractivity contribution in [2.24, 2.45) is 5.92 Å². The minimum absolute atomic E-state index is 0. The molecule has 1 aliphatic heterocycles. The number of hydrogen-bond donors (Lipinski definition) is 2. The number of carbonyl (C=O) groups is 1. The van der Waals surface area contributed by atoms with Gasteiger partial charge in [0.25, 0.3) is 5.91 Å². The van der Waals surface area contributed by atoms with Gasteiger partial charge in [0.1, 0.15) is 0 Å². The van der Waals surface area contributed by atoms with Crippen molar-refractivity contribution in [1.29, 1.82) is 0 Å². The Hall–Kier alpha value is -1.46. The Morgan fingerprint density at radius 1 is 1.29 bits per heavy atom. The SMILES string of the molecule is COc1ccc(C(=O)NC2CNCCC2C)cc1OC.Cl. The van der Waals surface area contributed by atoms with Crippen molar-refractivity contribution in [2.75, 3.05) is 27.3 Å². The van der Waals surface area contributed by atoms with E-state index in [1.165, 1.54) is 0 Å². The standard InChI is InChI=1S/C15H22N2O3.ClH/c1-10-6-7-16-9-12(10)17-15(18)11-4-5-13(19-2)14(8-11)20-3;/h4-5,8,10,12,16H,6-7,9H2,1-3H3,(H,17,18);1H. The smallest absolute Gasteiger partial charge is 0.251 e. The normalized spacial score (nSPS) is 21.1. The molecule has 1 heterocycles. The Balaban J connectivity index is 0.00000220. The van der Waals surface area contributed by atoms with Gasteiger partial charge in [-0.05, 0) is 37.1 Å². The molecule has 0 bridgehead atoms. The van der Waals surface area contributed by atoms with Crippen LogP contribution in [0.2, 0.25) is 0 Å². The van der Waals surface area contributed by atoms with Crippen LogP contribution in [0.4, 0.5) is 0 Å². The maximum absolute atomic E-state index is 12.3. The van der Waals surface area contributed by atoms with E-state index in [0.717, 1.165) is 19.5 Å². The molecular weight excluding hydrogens is 292 g/mol. The van der Waals surface area contributed by atoms with Gasteiger partial charge in [0.05, 0.1) is 14.2 Å². The van der Waals surface area contributed by atoms with Gasteiger partial charge in [0.2, 0.25) is 0 Å².